The number of nitrogens with one attached hydrogen (secondary N) is 1. The molecule has 11 nitrogen and oxygen atoms in total. The number of anilines is 1. The standard InChI is InChI=1S/C30H25N5O6/c1-15(2)25-23-24(28(38)33(27(23)37)21-13-12-16(35(39)40)14-22(21)41-3)30(32-25)18-9-5-7-11-20(18)34-26(36)17-8-4-6-10-19(17)31-29(30)34/h4-15,23-25,32H,1-3H3/t23-,24-,25+,30-/m1/s1. The van der Waals surface area contributed by atoms with E-state index in [2.05, 4.69) is 5.32 Å². The molecule has 2 saturated heterocycles. The second-order valence-electron chi connectivity index (χ2n) is 11.0. The molecule has 0 radical (unpaired) electrons. The van der Waals surface area contributed by atoms with Crippen molar-refractivity contribution in [1.82, 2.24) is 14.9 Å². The molecule has 2 amide bonds. The number of nitrogens with zero attached hydrogens (tertiary/aromatic N) is 4. The summed E-state index contributed by atoms with van der Waals surface area (Å²) in [6.45, 7) is 3.95. The van der Waals surface area contributed by atoms with Gasteiger partial charge in [-0.1, -0.05) is 44.2 Å². The fraction of sp³-hybridized carbons (Fsp3) is 0.267. The number of aromatic nitrogens is 2. The summed E-state index contributed by atoms with van der Waals surface area (Å²) < 4.78 is 6.96. The monoisotopic (exact) mass is 551 g/mol. The number of fused-ring (bicyclic) bond motifs is 8. The molecule has 4 atom stereocenters. The Morgan fingerprint density at radius 1 is 1.00 bits per heavy atom. The van der Waals surface area contributed by atoms with Crippen molar-refractivity contribution in [3.8, 4) is 11.4 Å². The number of ether oxygens (including phenoxy) is 1. The molecule has 4 heterocycles. The van der Waals surface area contributed by atoms with Crippen LogP contribution < -0.4 is 20.5 Å². The van der Waals surface area contributed by atoms with Crippen molar-refractivity contribution in [2.75, 3.05) is 12.0 Å². The summed E-state index contributed by atoms with van der Waals surface area (Å²) in [7, 11) is 1.33. The number of rotatable bonds is 4. The zero-order valence-electron chi connectivity index (χ0n) is 22.4. The number of hydrogen-bond donors (Lipinski definition) is 1. The molecule has 4 aromatic rings. The lowest BCUT2D eigenvalue weighted by molar-refractivity contribution is -0.384. The van der Waals surface area contributed by atoms with Crippen molar-refractivity contribution in [3.63, 3.8) is 0 Å². The molecule has 0 aliphatic carbocycles. The van der Waals surface area contributed by atoms with E-state index >= 15 is 0 Å². The van der Waals surface area contributed by atoms with Crippen LogP contribution in [0.25, 0.3) is 16.6 Å². The minimum atomic E-state index is -1.27. The fourth-order valence-corrected chi connectivity index (χ4v) is 6.93. The second-order valence-corrected chi connectivity index (χ2v) is 11.0. The molecular formula is C30H25N5O6. The third-order valence-electron chi connectivity index (χ3n) is 8.63. The van der Waals surface area contributed by atoms with Crippen molar-refractivity contribution in [2.24, 2.45) is 17.8 Å². The lowest BCUT2D eigenvalue weighted by Gasteiger charge is -2.32. The Kier molecular flexibility index (Phi) is 5.23. The molecule has 0 saturated carbocycles. The van der Waals surface area contributed by atoms with Crippen molar-refractivity contribution in [1.29, 1.82) is 0 Å². The van der Waals surface area contributed by atoms with E-state index in [0.29, 0.717) is 28.0 Å². The Labute approximate surface area is 233 Å². The van der Waals surface area contributed by atoms with Gasteiger partial charge in [0.15, 0.2) is 0 Å². The van der Waals surface area contributed by atoms with Crippen LogP contribution in [0.1, 0.15) is 25.2 Å². The van der Waals surface area contributed by atoms with E-state index in [4.69, 9.17) is 9.72 Å². The Morgan fingerprint density at radius 3 is 2.46 bits per heavy atom. The van der Waals surface area contributed by atoms with Gasteiger partial charge in [0.25, 0.3) is 11.2 Å². The number of nitro benzene ring substituents is 1. The van der Waals surface area contributed by atoms with E-state index < -0.39 is 40.2 Å². The summed E-state index contributed by atoms with van der Waals surface area (Å²) in [6, 6.07) is 17.8. The predicted octanol–water partition coefficient (Wildman–Crippen LogP) is 3.29. The number of benzene rings is 3. The third-order valence-corrected chi connectivity index (χ3v) is 8.63. The van der Waals surface area contributed by atoms with Gasteiger partial charge in [0.2, 0.25) is 11.8 Å². The van der Waals surface area contributed by atoms with Crippen molar-refractivity contribution in [2.45, 2.75) is 25.4 Å². The number of amides is 2. The van der Waals surface area contributed by atoms with Gasteiger partial charge in [-0.3, -0.25) is 34.4 Å². The Morgan fingerprint density at radius 2 is 1.73 bits per heavy atom. The molecule has 1 N–H and O–H groups in total. The number of methoxy groups -OCH3 is 1. The van der Waals surface area contributed by atoms with Crippen LogP contribution >= 0.6 is 0 Å². The van der Waals surface area contributed by atoms with Crippen LogP contribution in [0.2, 0.25) is 0 Å². The first-order chi connectivity index (χ1) is 19.7. The van der Waals surface area contributed by atoms with Crippen molar-refractivity contribution >= 4 is 34.1 Å². The highest BCUT2D eigenvalue weighted by Crippen LogP contribution is 2.57. The molecule has 7 rings (SSSR count). The van der Waals surface area contributed by atoms with Gasteiger partial charge in [0.05, 0.1) is 52.2 Å². The number of hydrogen-bond acceptors (Lipinski definition) is 8. The first-order valence-corrected chi connectivity index (χ1v) is 13.3. The highest BCUT2D eigenvalue weighted by molar-refractivity contribution is 6.24. The SMILES string of the molecule is COc1cc([N+](=O)[O-])ccc1N1C(=O)[C@H]2[C@H](C(C)C)N[C@]3(c4ccccc4-n4c3nc3ccccc3c4=O)[C@H]2C1=O. The molecule has 1 aromatic heterocycles. The lowest BCUT2D eigenvalue weighted by atomic mass is 9.75. The Bertz CT molecular complexity index is 1880. The molecule has 0 unspecified atom stereocenters. The van der Waals surface area contributed by atoms with Gasteiger partial charge in [-0.25, -0.2) is 9.88 Å². The molecule has 3 aliphatic heterocycles. The normalized spacial score (nSPS) is 24.3. The van der Waals surface area contributed by atoms with Gasteiger partial charge in [0.1, 0.15) is 17.1 Å². The van der Waals surface area contributed by atoms with Gasteiger partial charge in [-0.05, 0) is 30.2 Å². The van der Waals surface area contributed by atoms with Crippen LogP contribution in [0.15, 0.2) is 71.5 Å². The summed E-state index contributed by atoms with van der Waals surface area (Å²) >= 11 is 0. The van der Waals surface area contributed by atoms with Crippen LogP contribution in [0, 0.1) is 27.9 Å². The Balaban J connectivity index is 1.50. The summed E-state index contributed by atoms with van der Waals surface area (Å²) in [5.74, 6) is -2.32. The Hall–Kier alpha value is -4.90. The zero-order chi connectivity index (χ0) is 28.8. The van der Waals surface area contributed by atoms with E-state index in [9.17, 15) is 24.5 Å². The van der Waals surface area contributed by atoms with E-state index in [0.717, 1.165) is 4.90 Å². The van der Waals surface area contributed by atoms with Gasteiger partial charge in [-0.2, -0.15) is 0 Å². The van der Waals surface area contributed by atoms with E-state index in [1.165, 1.54) is 25.3 Å². The smallest absolute Gasteiger partial charge is 0.273 e. The third kappa shape index (κ3) is 3.12. The van der Waals surface area contributed by atoms with E-state index in [1.807, 2.05) is 38.1 Å². The lowest BCUT2D eigenvalue weighted by Crippen LogP contribution is -2.51. The van der Waals surface area contributed by atoms with Crippen LogP contribution in [-0.4, -0.2) is 39.4 Å². The van der Waals surface area contributed by atoms with Crippen molar-refractivity contribution in [3.05, 3.63) is 98.6 Å². The molecular weight excluding hydrogens is 526 g/mol. The molecule has 1 spiro atoms. The maximum Gasteiger partial charge on any atom is 0.273 e. The minimum absolute atomic E-state index is 0.0385. The van der Waals surface area contributed by atoms with Gasteiger partial charge in [-0.15, -0.1) is 0 Å². The summed E-state index contributed by atoms with van der Waals surface area (Å²) in [6.07, 6.45) is 0. The van der Waals surface area contributed by atoms with Crippen LogP contribution in [0.3, 0.4) is 0 Å². The van der Waals surface area contributed by atoms with E-state index in [1.54, 1.807) is 28.8 Å². The minimum Gasteiger partial charge on any atom is -0.494 e. The maximum absolute atomic E-state index is 14.5. The molecule has 3 aromatic carbocycles. The summed E-state index contributed by atoms with van der Waals surface area (Å²) in [5.41, 5.74) is 0.173. The second kappa shape index (κ2) is 8.55. The predicted molar refractivity (Wildman–Crippen MR) is 149 cm³/mol. The van der Waals surface area contributed by atoms with Crippen molar-refractivity contribution < 1.29 is 19.2 Å². The first-order valence-electron chi connectivity index (χ1n) is 13.3. The highest BCUT2D eigenvalue weighted by Gasteiger charge is 2.70. The molecule has 11 heteroatoms. The molecule has 0 bridgehead atoms. The number of non-ortho nitro benzene ring substituents is 1. The zero-order valence-corrected chi connectivity index (χ0v) is 22.4. The van der Waals surface area contributed by atoms with Gasteiger partial charge < -0.3 is 4.74 Å². The molecule has 206 valence electrons. The largest absolute Gasteiger partial charge is 0.494 e. The summed E-state index contributed by atoms with van der Waals surface area (Å²) in [5, 5.41) is 15.5. The number of carbonyl (C=O) groups is 2. The fourth-order valence-electron chi connectivity index (χ4n) is 6.93. The number of para-hydroxylation sites is 2. The maximum atomic E-state index is 14.5. The van der Waals surface area contributed by atoms with Crippen LogP contribution in [0.4, 0.5) is 11.4 Å². The molecule has 2 fully saturated rings. The average molecular weight is 552 g/mol. The van der Waals surface area contributed by atoms with Crippen LogP contribution in [0.5, 0.6) is 5.75 Å². The highest BCUT2D eigenvalue weighted by atomic mass is 16.6. The van der Waals surface area contributed by atoms with E-state index in [-0.39, 0.29) is 28.6 Å². The van der Waals surface area contributed by atoms with Gasteiger partial charge in [0, 0.05) is 17.7 Å². The quantitative estimate of drug-likeness (QED) is 0.232. The average Bonchev–Trinajstić information content (AvgIpc) is 3.56. The first kappa shape index (κ1) is 25.1. The number of imide groups is 1. The summed E-state index contributed by atoms with van der Waals surface area (Å²) in [4.78, 5) is 59.5. The number of nitro groups is 1. The topological polar surface area (TPSA) is 137 Å². The number of carbonyl (C=O) groups excluding carboxylic acids is 2. The molecule has 41 heavy (non-hydrogen) atoms. The van der Waals surface area contributed by atoms with Gasteiger partial charge >= 0.3 is 0 Å². The van der Waals surface area contributed by atoms with Crippen LogP contribution in [-0.2, 0) is 15.1 Å². The molecule has 3 aliphatic rings.